The van der Waals surface area contributed by atoms with Gasteiger partial charge in [0.2, 0.25) is 0 Å². The molecule has 3 aromatic carbocycles. The Kier molecular flexibility index (Phi) is 5.98. The highest BCUT2D eigenvalue weighted by molar-refractivity contribution is 6.05. The van der Waals surface area contributed by atoms with Crippen molar-refractivity contribution >= 4 is 33.9 Å². The number of benzene rings is 3. The number of ether oxygens (including phenoxy) is 1. The standard InChI is InChI=1S/C24H17N3O8/c1-13-19(26(30)31)9-15(10-20(13)27(32)33)24(29)25-16-5-3-14(4-6-16)23-12-21(28)18-11-17(34-2)7-8-22(18)35-23/h3-12H,1-2H3,(H,25,29). The van der Waals surface area contributed by atoms with E-state index in [9.17, 15) is 29.8 Å². The van der Waals surface area contributed by atoms with Crippen molar-refractivity contribution in [1.29, 1.82) is 0 Å². The number of anilines is 1. The minimum Gasteiger partial charge on any atom is -0.497 e. The fourth-order valence-electron chi connectivity index (χ4n) is 3.52. The van der Waals surface area contributed by atoms with Gasteiger partial charge in [-0.15, -0.1) is 0 Å². The number of hydrogen-bond acceptors (Lipinski definition) is 8. The number of methoxy groups -OCH3 is 1. The second-order valence-electron chi connectivity index (χ2n) is 7.52. The summed E-state index contributed by atoms with van der Waals surface area (Å²) in [6.45, 7) is 1.25. The molecule has 0 unspecified atom stereocenters. The lowest BCUT2D eigenvalue weighted by Crippen LogP contribution is -2.13. The number of amides is 1. The van der Waals surface area contributed by atoms with Gasteiger partial charge >= 0.3 is 0 Å². The second-order valence-corrected chi connectivity index (χ2v) is 7.52. The average Bonchev–Trinajstić information content (AvgIpc) is 2.84. The summed E-state index contributed by atoms with van der Waals surface area (Å²) in [6, 6.07) is 14.5. The molecule has 0 aliphatic rings. The molecule has 1 amide bonds. The van der Waals surface area contributed by atoms with Crippen LogP contribution < -0.4 is 15.5 Å². The molecule has 0 atom stereocenters. The van der Waals surface area contributed by atoms with E-state index in [1.807, 2.05) is 0 Å². The molecule has 4 rings (SSSR count). The number of carbonyl (C=O) groups excluding carboxylic acids is 1. The third kappa shape index (κ3) is 4.55. The molecule has 0 radical (unpaired) electrons. The molecule has 0 saturated heterocycles. The highest BCUT2D eigenvalue weighted by Gasteiger charge is 2.25. The molecule has 0 spiro atoms. The Morgan fingerprint density at radius 1 is 0.943 bits per heavy atom. The van der Waals surface area contributed by atoms with Crippen molar-refractivity contribution in [1.82, 2.24) is 0 Å². The van der Waals surface area contributed by atoms with E-state index in [1.165, 1.54) is 20.1 Å². The van der Waals surface area contributed by atoms with E-state index in [2.05, 4.69) is 5.32 Å². The number of rotatable bonds is 6. The zero-order valence-electron chi connectivity index (χ0n) is 18.4. The van der Waals surface area contributed by atoms with E-state index in [-0.39, 0.29) is 16.6 Å². The van der Waals surface area contributed by atoms with Crippen LogP contribution in [0.25, 0.3) is 22.3 Å². The summed E-state index contributed by atoms with van der Waals surface area (Å²) in [6.07, 6.45) is 0. The van der Waals surface area contributed by atoms with Crippen LogP contribution in [0, 0.1) is 27.2 Å². The average molecular weight is 475 g/mol. The molecule has 0 aliphatic carbocycles. The zero-order chi connectivity index (χ0) is 25.3. The fourth-order valence-corrected chi connectivity index (χ4v) is 3.52. The second kappa shape index (κ2) is 9.06. The summed E-state index contributed by atoms with van der Waals surface area (Å²) in [5, 5.41) is 25.4. The van der Waals surface area contributed by atoms with Gasteiger partial charge in [-0.1, -0.05) is 0 Å². The maximum atomic E-state index is 12.6. The first kappa shape index (κ1) is 23.1. The molecule has 176 valence electrons. The highest BCUT2D eigenvalue weighted by Crippen LogP contribution is 2.30. The molecule has 35 heavy (non-hydrogen) atoms. The van der Waals surface area contributed by atoms with E-state index >= 15 is 0 Å². The predicted octanol–water partition coefficient (Wildman–Crippen LogP) is 4.85. The summed E-state index contributed by atoms with van der Waals surface area (Å²) in [5.41, 5.74) is -0.386. The fraction of sp³-hybridized carbons (Fsp3) is 0.0833. The topological polar surface area (TPSA) is 155 Å². The van der Waals surface area contributed by atoms with Gasteiger partial charge in [0.1, 0.15) is 22.7 Å². The van der Waals surface area contributed by atoms with E-state index < -0.39 is 27.1 Å². The van der Waals surface area contributed by atoms with Crippen LogP contribution in [0.1, 0.15) is 15.9 Å². The number of nitrogens with zero attached hydrogens (tertiary/aromatic N) is 2. The zero-order valence-corrected chi connectivity index (χ0v) is 18.4. The molecule has 1 N–H and O–H groups in total. The van der Waals surface area contributed by atoms with Gasteiger partial charge in [-0.25, -0.2) is 0 Å². The van der Waals surface area contributed by atoms with Gasteiger partial charge in [-0.3, -0.25) is 29.8 Å². The molecule has 1 heterocycles. The molecular formula is C24H17N3O8. The van der Waals surface area contributed by atoms with Gasteiger partial charge < -0.3 is 14.5 Å². The summed E-state index contributed by atoms with van der Waals surface area (Å²) in [4.78, 5) is 46.1. The quantitative estimate of drug-likeness (QED) is 0.307. The Morgan fingerprint density at radius 2 is 1.57 bits per heavy atom. The van der Waals surface area contributed by atoms with E-state index in [1.54, 1.807) is 42.5 Å². The van der Waals surface area contributed by atoms with Crippen molar-refractivity contribution in [3.05, 3.63) is 102 Å². The largest absolute Gasteiger partial charge is 0.497 e. The minimum atomic E-state index is -0.776. The maximum absolute atomic E-state index is 12.6. The Balaban J connectivity index is 1.61. The lowest BCUT2D eigenvalue weighted by molar-refractivity contribution is -0.395. The summed E-state index contributed by atoms with van der Waals surface area (Å²) >= 11 is 0. The van der Waals surface area contributed by atoms with E-state index in [0.717, 1.165) is 12.1 Å². The first-order chi connectivity index (χ1) is 16.7. The summed E-state index contributed by atoms with van der Waals surface area (Å²) in [7, 11) is 1.50. The molecule has 4 aromatic rings. The van der Waals surface area contributed by atoms with Crippen LogP contribution in [0.3, 0.4) is 0 Å². The maximum Gasteiger partial charge on any atom is 0.279 e. The normalized spacial score (nSPS) is 10.7. The van der Waals surface area contributed by atoms with Gasteiger partial charge in [-0.2, -0.15) is 0 Å². The van der Waals surface area contributed by atoms with Crippen molar-refractivity contribution in [3.8, 4) is 17.1 Å². The van der Waals surface area contributed by atoms with Crippen LogP contribution in [-0.4, -0.2) is 22.9 Å². The molecule has 11 heteroatoms. The summed E-state index contributed by atoms with van der Waals surface area (Å²) < 4.78 is 11.0. The Morgan fingerprint density at radius 3 is 2.14 bits per heavy atom. The Labute approximate surface area is 196 Å². The first-order valence-corrected chi connectivity index (χ1v) is 10.1. The van der Waals surface area contributed by atoms with Crippen LogP contribution in [0.5, 0.6) is 5.75 Å². The van der Waals surface area contributed by atoms with Crippen LogP contribution in [-0.2, 0) is 0 Å². The van der Waals surface area contributed by atoms with Crippen LogP contribution in [0.2, 0.25) is 0 Å². The smallest absolute Gasteiger partial charge is 0.279 e. The Hall–Kier alpha value is -5.06. The van der Waals surface area contributed by atoms with Gasteiger partial charge in [0.25, 0.3) is 17.3 Å². The number of nitro groups is 2. The van der Waals surface area contributed by atoms with E-state index in [4.69, 9.17) is 9.15 Å². The molecule has 0 aliphatic heterocycles. The molecule has 0 bridgehead atoms. The third-order valence-corrected chi connectivity index (χ3v) is 5.37. The molecule has 1 aromatic heterocycles. The number of fused-ring (bicyclic) bond motifs is 1. The lowest BCUT2D eigenvalue weighted by atomic mass is 10.1. The lowest BCUT2D eigenvalue weighted by Gasteiger charge is -2.08. The number of nitrogens with one attached hydrogen (secondary N) is 1. The van der Waals surface area contributed by atoms with Crippen LogP contribution in [0.15, 0.2) is 69.9 Å². The first-order valence-electron chi connectivity index (χ1n) is 10.1. The number of hydrogen-bond donors (Lipinski definition) is 1. The van der Waals surface area contributed by atoms with Crippen molar-refractivity contribution < 1.29 is 23.8 Å². The SMILES string of the molecule is COc1ccc2oc(-c3ccc(NC(=O)c4cc([N+](=O)[O-])c(C)c([N+](=O)[O-])c4)cc3)cc(=O)c2c1. The third-order valence-electron chi connectivity index (χ3n) is 5.37. The van der Waals surface area contributed by atoms with Gasteiger partial charge in [0.05, 0.1) is 27.9 Å². The van der Waals surface area contributed by atoms with Crippen LogP contribution in [0.4, 0.5) is 17.1 Å². The monoisotopic (exact) mass is 475 g/mol. The van der Waals surface area contributed by atoms with Gasteiger partial charge in [-0.05, 0) is 49.4 Å². The van der Waals surface area contributed by atoms with Crippen molar-refractivity contribution in [2.45, 2.75) is 6.92 Å². The minimum absolute atomic E-state index is 0.142. The number of carbonyl (C=O) groups is 1. The van der Waals surface area contributed by atoms with Gasteiger partial charge in [0, 0.05) is 29.4 Å². The highest BCUT2D eigenvalue weighted by atomic mass is 16.6. The molecule has 0 saturated carbocycles. The van der Waals surface area contributed by atoms with E-state index in [0.29, 0.717) is 33.7 Å². The van der Waals surface area contributed by atoms with Crippen molar-refractivity contribution in [2.75, 3.05) is 12.4 Å². The summed E-state index contributed by atoms with van der Waals surface area (Å²) in [5.74, 6) is 0.0901. The molecule has 0 fully saturated rings. The van der Waals surface area contributed by atoms with Gasteiger partial charge in [0.15, 0.2) is 5.43 Å². The molecule has 11 nitrogen and oxygen atoms in total. The van der Waals surface area contributed by atoms with Crippen LogP contribution >= 0.6 is 0 Å². The van der Waals surface area contributed by atoms with Crippen molar-refractivity contribution in [2.24, 2.45) is 0 Å². The molecular weight excluding hydrogens is 458 g/mol. The van der Waals surface area contributed by atoms with Crippen molar-refractivity contribution in [3.63, 3.8) is 0 Å². The Bertz CT molecular complexity index is 1520. The number of nitro benzene ring substituents is 2. The predicted molar refractivity (Wildman–Crippen MR) is 127 cm³/mol.